The van der Waals surface area contributed by atoms with E-state index in [1.807, 2.05) is 101 Å². The summed E-state index contributed by atoms with van der Waals surface area (Å²) in [6.07, 6.45) is 3.23. The molecule has 1 saturated carbocycles. The van der Waals surface area contributed by atoms with Gasteiger partial charge in [-0.3, -0.25) is 14.1 Å². The van der Waals surface area contributed by atoms with Crippen LogP contribution in [-0.2, 0) is 29.2 Å². The molecular formula is C33H28F2I2O9S. The van der Waals surface area contributed by atoms with E-state index in [4.69, 9.17) is 14.0 Å². The Morgan fingerprint density at radius 1 is 0.894 bits per heavy atom. The highest BCUT2D eigenvalue weighted by Crippen LogP contribution is 2.59. The van der Waals surface area contributed by atoms with Crippen LogP contribution in [0.3, 0.4) is 0 Å². The van der Waals surface area contributed by atoms with E-state index >= 15 is 0 Å². The summed E-state index contributed by atoms with van der Waals surface area (Å²) in [5.41, 5.74) is 2.45. The molecule has 0 spiro atoms. The normalized spacial score (nSPS) is 22.6. The van der Waals surface area contributed by atoms with Gasteiger partial charge in [0.2, 0.25) is 0 Å². The van der Waals surface area contributed by atoms with Crippen LogP contribution >= 0.6 is 45.2 Å². The average molecular weight is 892 g/mol. The summed E-state index contributed by atoms with van der Waals surface area (Å²) in [4.78, 5) is 41.7. The molecule has 1 fully saturated rings. The van der Waals surface area contributed by atoms with E-state index in [2.05, 4.69) is 4.74 Å². The molecule has 47 heavy (non-hydrogen) atoms. The van der Waals surface area contributed by atoms with Crippen LogP contribution in [0.2, 0.25) is 0 Å². The van der Waals surface area contributed by atoms with Crippen molar-refractivity contribution in [2.45, 2.75) is 55.3 Å². The standard InChI is InChI=1S/C33H28F2I2O9S/c1-32(12-6-7-13-32)46-31(40)27-25-20-10-4-2-8-18(20)24(19-9-3-5-11-21(19)25)26(27)30(39)45-28-22(14-17(36)15-23(28)37)29(38)44-16-33(34,35)47(41,42)43/h2-5,8-11,14-15,24-27H,6-7,12-13,16H2,1H3,(H,41,42,43). The first-order valence-electron chi connectivity index (χ1n) is 14.7. The van der Waals surface area contributed by atoms with Crippen molar-refractivity contribution in [1.29, 1.82) is 0 Å². The molecule has 1 N–H and O–H groups in total. The third kappa shape index (κ3) is 6.30. The quantitative estimate of drug-likeness (QED) is 0.112. The van der Waals surface area contributed by atoms with Gasteiger partial charge in [-0.15, -0.1) is 0 Å². The number of ether oxygens (including phenoxy) is 3. The minimum Gasteiger partial charge on any atom is -0.459 e. The maximum Gasteiger partial charge on any atom is 0.402 e. The first-order valence-corrected chi connectivity index (χ1v) is 18.3. The van der Waals surface area contributed by atoms with Crippen molar-refractivity contribution >= 4 is 73.2 Å². The Balaban J connectivity index is 1.40. The number of alkyl halides is 2. The summed E-state index contributed by atoms with van der Waals surface area (Å²) in [7, 11) is -5.86. The van der Waals surface area contributed by atoms with E-state index in [0.29, 0.717) is 16.4 Å². The number of hydrogen-bond donors (Lipinski definition) is 1. The van der Waals surface area contributed by atoms with Gasteiger partial charge in [-0.2, -0.15) is 17.2 Å². The first-order chi connectivity index (χ1) is 22.1. The largest absolute Gasteiger partial charge is 0.459 e. The Bertz CT molecular complexity index is 1840. The Morgan fingerprint density at radius 3 is 1.87 bits per heavy atom. The van der Waals surface area contributed by atoms with Crippen LogP contribution in [0.4, 0.5) is 8.78 Å². The number of carbonyl (C=O) groups is 3. The van der Waals surface area contributed by atoms with Crippen LogP contribution in [-0.4, -0.2) is 48.3 Å². The summed E-state index contributed by atoms with van der Waals surface area (Å²) in [6.45, 7) is -0.0711. The van der Waals surface area contributed by atoms with Crippen molar-refractivity contribution < 1.29 is 50.3 Å². The van der Waals surface area contributed by atoms with Crippen LogP contribution in [0.5, 0.6) is 5.75 Å². The maximum atomic E-state index is 14.4. The van der Waals surface area contributed by atoms with Crippen molar-refractivity contribution in [3.63, 3.8) is 0 Å². The molecule has 0 amide bonds. The number of carbonyl (C=O) groups excluding carboxylic acids is 3. The topological polar surface area (TPSA) is 133 Å². The molecule has 3 aromatic rings. The molecule has 2 bridgehead atoms. The number of rotatable bonds is 8. The Labute approximate surface area is 296 Å². The summed E-state index contributed by atoms with van der Waals surface area (Å²) in [5, 5.41) is -4.76. The lowest BCUT2D eigenvalue weighted by Gasteiger charge is -2.48. The molecule has 7 rings (SSSR count). The van der Waals surface area contributed by atoms with Crippen LogP contribution in [0, 0.1) is 19.0 Å². The number of esters is 3. The zero-order valence-corrected chi connectivity index (χ0v) is 29.9. The van der Waals surface area contributed by atoms with Crippen molar-refractivity contribution in [1.82, 2.24) is 0 Å². The van der Waals surface area contributed by atoms with E-state index in [9.17, 15) is 31.6 Å². The summed E-state index contributed by atoms with van der Waals surface area (Å²) < 4.78 is 76.1. The molecule has 0 heterocycles. The fourth-order valence-electron chi connectivity index (χ4n) is 7.07. The molecule has 3 aromatic carbocycles. The molecular weight excluding hydrogens is 864 g/mol. The van der Waals surface area contributed by atoms with Crippen LogP contribution < -0.4 is 4.74 Å². The monoisotopic (exact) mass is 892 g/mol. The van der Waals surface area contributed by atoms with Gasteiger partial charge in [0.1, 0.15) is 11.2 Å². The molecule has 2 unspecified atom stereocenters. The molecule has 9 nitrogen and oxygen atoms in total. The third-order valence-corrected chi connectivity index (χ3v) is 11.5. The second kappa shape index (κ2) is 12.6. The van der Waals surface area contributed by atoms with Gasteiger partial charge in [0.15, 0.2) is 12.4 Å². The highest BCUT2D eigenvalue weighted by molar-refractivity contribution is 14.1. The van der Waals surface area contributed by atoms with Crippen LogP contribution in [0.25, 0.3) is 0 Å². The van der Waals surface area contributed by atoms with Gasteiger partial charge in [0, 0.05) is 15.4 Å². The molecule has 0 aliphatic heterocycles. The van der Waals surface area contributed by atoms with E-state index in [1.165, 1.54) is 6.07 Å². The third-order valence-electron chi connectivity index (χ3n) is 9.17. The van der Waals surface area contributed by atoms with Gasteiger partial charge in [0.05, 0.1) is 15.4 Å². The lowest BCUT2D eigenvalue weighted by Crippen LogP contribution is -2.50. The van der Waals surface area contributed by atoms with Crippen LogP contribution in [0.1, 0.15) is 77.1 Å². The van der Waals surface area contributed by atoms with Gasteiger partial charge < -0.3 is 14.2 Å². The van der Waals surface area contributed by atoms with Gasteiger partial charge in [-0.25, -0.2) is 4.79 Å². The summed E-state index contributed by atoms with van der Waals surface area (Å²) >= 11 is 3.69. The zero-order valence-electron chi connectivity index (χ0n) is 24.8. The SMILES string of the molecule is CC1(OC(=O)C2C3c4ccccc4C(c4ccccc43)C2C(=O)Oc2c(I)cc(I)cc2C(=O)OCC(F)(F)S(=O)(=O)O)CCCC1. The molecule has 0 aromatic heterocycles. The molecule has 2 atom stereocenters. The predicted octanol–water partition coefficient (Wildman–Crippen LogP) is 6.84. The maximum absolute atomic E-state index is 14.4. The Hall–Kier alpha value is -2.70. The second-order valence-electron chi connectivity index (χ2n) is 12.2. The minimum absolute atomic E-state index is 0.260. The van der Waals surface area contributed by atoms with E-state index in [-0.39, 0.29) is 9.32 Å². The first kappa shape index (κ1) is 34.2. The minimum atomic E-state index is -5.86. The Morgan fingerprint density at radius 2 is 1.38 bits per heavy atom. The fourth-order valence-corrected chi connectivity index (χ4v) is 9.23. The highest BCUT2D eigenvalue weighted by Gasteiger charge is 2.57. The lowest BCUT2D eigenvalue weighted by molar-refractivity contribution is -0.170. The van der Waals surface area contributed by atoms with Crippen LogP contribution in [0.15, 0.2) is 60.7 Å². The zero-order chi connectivity index (χ0) is 33.9. The number of benzene rings is 3. The summed E-state index contributed by atoms with van der Waals surface area (Å²) in [5.74, 6) is -6.24. The van der Waals surface area contributed by atoms with Gasteiger partial charge >= 0.3 is 33.3 Å². The van der Waals surface area contributed by atoms with E-state index < -0.39 is 74.7 Å². The van der Waals surface area contributed by atoms with Crippen molar-refractivity contribution in [2.24, 2.45) is 11.8 Å². The molecule has 14 heteroatoms. The number of fused-ring (bicyclic) bond motifs is 1. The lowest BCUT2D eigenvalue weighted by atomic mass is 9.54. The smallest absolute Gasteiger partial charge is 0.402 e. The van der Waals surface area contributed by atoms with E-state index in [0.717, 1.165) is 35.1 Å². The van der Waals surface area contributed by atoms with Crippen molar-refractivity contribution in [3.05, 3.63) is 95.6 Å². The molecule has 0 radical (unpaired) electrons. The van der Waals surface area contributed by atoms with Gasteiger partial charge in [-0.1, -0.05) is 48.5 Å². The molecule has 4 aliphatic carbocycles. The summed E-state index contributed by atoms with van der Waals surface area (Å²) in [6, 6.07) is 18.0. The average Bonchev–Trinajstić information content (AvgIpc) is 3.45. The molecule has 4 aliphatic rings. The van der Waals surface area contributed by atoms with Gasteiger partial charge in [-0.05, 0) is 112 Å². The molecule has 0 saturated heterocycles. The van der Waals surface area contributed by atoms with Crippen molar-refractivity contribution in [2.75, 3.05) is 6.61 Å². The highest BCUT2D eigenvalue weighted by atomic mass is 127. The predicted molar refractivity (Wildman–Crippen MR) is 181 cm³/mol. The Kier molecular flexibility index (Phi) is 9.19. The van der Waals surface area contributed by atoms with E-state index in [1.54, 1.807) is 6.07 Å². The van der Waals surface area contributed by atoms with Gasteiger partial charge in [0.25, 0.3) is 0 Å². The molecule has 248 valence electrons. The number of hydrogen-bond acceptors (Lipinski definition) is 8. The fraction of sp³-hybridized carbons (Fsp3) is 0.364. The second-order valence-corrected chi connectivity index (χ2v) is 16.2. The number of halogens is 4. The van der Waals surface area contributed by atoms with Crippen molar-refractivity contribution in [3.8, 4) is 5.75 Å².